The van der Waals surface area contributed by atoms with Gasteiger partial charge in [0.05, 0.1) is 12.0 Å². The smallest absolute Gasteiger partial charge is 0.241 e. The average Bonchev–Trinajstić information content (AvgIpc) is 2.61. The lowest BCUT2D eigenvalue weighted by Gasteiger charge is -2.13. The number of hydrogen-bond donors (Lipinski definition) is 2. The molecule has 0 spiro atoms. The van der Waals surface area contributed by atoms with Crippen molar-refractivity contribution in [3.05, 3.63) is 58.7 Å². The van der Waals surface area contributed by atoms with Gasteiger partial charge in [-0.15, -0.1) is 0 Å². The Morgan fingerprint density at radius 2 is 1.61 bits per heavy atom. The van der Waals surface area contributed by atoms with Crippen LogP contribution in [0, 0.1) is 20.8 Å². The Morgan fingerprint density at radius 1 is 1.00 bits per heavy atom. The molecule has 6 nitrogen and oxygen atoms in total. The van der Waals surface area contributed by atoms with Crippen molar-refractivity contribution in [1.29, 1.82) is 0 Å². The van der Waals surface area contributed by atoms with Gasteiger partial charge in [0.15, 0.2) is 0 Å². The summed E-state index contributed by atoms with van der Waals surface area (Å²) in [6.45, 7) is 6.04. The van der Waals surface area contributed by atoms with Gasteiger partial charge in [-0.1, -0.05) is 29.8 Å². The minimum absolute atomic E-state index is 0.0590. The molecule has 2 rings (SSSR count). The lowest BCUT2D eigenvalue weighted by atomic mass is 10.1. The van der Waals surface area contributed by atoms with Crippen LogP contribution in [0.15, 0.2) is 41.3 Å². The van der Waals surface area contributed by atoms with Crippen LogP contribution in [0.2, 0.25) is 0 Å². The SMILES string of the molecule is COc1ccc(CCNC(=O)CCNS(=O)(=O)c2c(C)cc(C)cc2C)cc1. The standard InChI is InChI=1S/C21H28N2O4S/c1-15-13-16(2)21(17(3)14-15)28(25,26)23-12-10-20(24)22-11-9-18-5-7-19(27-4)8-6-18/h5-8,13-14,23H,9-12H2,1-4H3,(H,22,24). The second kappa shape index (κ2) is 9.71. The van der Waals surface area contributed by atoms with Crippen LogP contribution in [0.1, 0.15) is 28.7 Å². The second-order valence-electron chi connectivity index (χ2n) is 6.82. The molecule has 0 aliphatic heterocycles. The van der Waals surface area contributed by atoms with Crippen LogP contribution in [0.5, 0.6) is 5.75 Å². The number of carbonyl (C=O) groups is 1. The van der Waals surface area contributed by atoms with Crippen molar-refractivity contribution in [3.63, 3.8) is 0 Å². The molecule has 0 aliphatic rings. The number of nitrogens with one attached hydrogen (secondary N) is 2. The Kier molecular flexibility index (Phi) is 7.60. The molecular formula is C21H28N2O4S. The van der Waals surface area contributed by atoms with E-state index in [1.807, 2.05) is 43.3 Å². The van der Waals surface area contributed by atoms with E-state index in [1.165, 1.54) is 0 Å². The molecule has 2 aromatic carbocycles. The third-order valence-electron chi connectivity index (χ3n) is 4.41. The van der Waals surface area contributed by atoms with Crippen molar-refractivity contribution in [2.45, 2.75) is 38.5 Å². The van der Waals surface area contributed by atoms with Crippen LogP contribution < -0.4 is 14.8 Å². The summed E-state index contributed by atoms with van der Waals surface area (Å²) in [6, 6.07) is 11.3. The maximum absolute atomic E-state index is 12.6. The second-order valence-corrected chi connectivity index (χ2v) is 8.53. The van der Waals surface area contributed by atoms with Crippen LogP contribution in [0.25, 0.3) is 0 Å². The van der Waals surface area contributed by atoms with E-state index in [0.717, 1.165) is 16.9 Å². The number of benzene rings is 2. The van der Waals surface area contributed by atoms with E-state index in [0.29, 0.717) is 24.1 Å². The number of carbonyl (C=O) groups excluding carboxylic acids is 1. The highest BCUT2D eigenvalue weighted by Gasteiger charge is 2.19. The van der Waals surface area contributed by atoms with Crippen LogP contribution in [-0.4, -0.2) is 34.5 Å². The minimum Gasteiger partial charge on any atom is -0.497 e. The quantitative estimate of drug-likeness (QED) is 0.673. The number of ether oxygens (including phenoxy) is 1. The van der Waals surface area contributed by atoms with E-state index >= 15 is 0 Å². The van der Waals surface area contributed by atoms with E-state index in [-0.39, 0.29) is 23.8 Å². The molecule has 0 aliphatic carbocycles. The first-order chi connectivity index (χ1) is 13.2. The highest BCUT2D eigenvalue weighted by molar-refractivity contribution is 7.89. The summed E-state index contributed by atoms with van der Waals surface area (Å²) in [6.07, 6.45) is 0.787. The monoisotopic (exact) mass is 404 g/mol. The fourth-order valence-electron chi connectivity index (χ4n) is 3.19. The van der Waals surface area contributed by atoms with Gasteiger partial charge in [0, 0.05) is 19.5 Å². The molecule has 0 unspecified atom stereocenters. The third kappa shape index (κ3) is 6.07. The lowest BCUT2D eigenvalue weighted by molar-refractivity contribution is -0.120. The Labute approximate surface area is 167 Å². The third-order valence-corrected chi connectivity index (χ3v) is 6.18. The number of sulfonamides is 1. The van der Waals surface area contributed by atoms with E-state index in [4.69, 9.17) is 4.74 Å². The molecule has 0 heterocycles. The number of methoxy groups -OCH3 is 1. The van der Waals surface area contributed by atoms with Gasteiger partial charge in [-0.2, -0.15) is 0 Å². The Morgan fingerprint density at radius 3 is 2.18 bits per heavy atom. The lowest BCUT2D eigenvalue weighted by Crippen LogP contribution is -2.32. The van der Waals surface area contributed by atoms with E-state index in [1.54, 1.807) is 21.0 Å². The number of hydrogen-bond acceptors (Lipinski definition) is 4. The zero-order valence-electron chi connectivity index (χ0n) is 16.8. The van der Waals surface area contributed by atoms with Crippen molar-refractivity contribution in [3.8, 4) is 5.75 Å². The number of aryl methyl sites for hydroxylation is 3. The molecule has 7 heteroatoms. The van der Waals surface area contributed by atoms with Crippen LogP contribution in [0.4, 0.5) is 0 Å². The predicted octanol–water partition coefficient (Wildman–Crippen LogP) is 2.65. The van der Waals surface area contributed by atoms with Crippen molar-refractivity contribution in [2.75, 3.05) is 20.2 Å². The van der Waals surface area contributed by atoms with E-state index in [9.17, 15) is 13.2 Å². The van der Waals surface area contributed by atoms with Gasteiger partial charge >= 0.3 is 0 Å². The Balaban J connectivity index is 1.79. The molecule has 152 valence electrons. The molecule has 2 N–H and O–H groups in total. The molecule has 1 amide bonds. The van der Waals surface area contributed by atoms with Crippen LogP contribution >= 0.6 is 0 Å². The Bertz CT molecular complexity index is 899. The fourth-order valence-corrected chi connectivity index (χ4v) is 4.67. The first-order valence-electron chi connectivity index (χ1n) is 9.20. The first kappa shape index (κ1) is 21.9. The van der Waals surface area contributed by atoms with E-state index in [2.05, 4.69) is 10.0 Å². The van der Waals surface area contributed by atoms with Crippen LogP contribution in [0.3, 0.4) is 0 Å². The van der Waals surface area contributed by atoms with Gasteiger partial charge in [-0.05, 0) is 56.0 Å². The molecular weight excluding hydrogens is 376 g/mol. The number of amides is 1. The summed E-state index contributed by atoms with van der Waals surface area (Å²) in [5.74, 6) is 0.604. The molecule has 0 radical (unpaired) electrons. The highest BCUT2D eigenvalue weighted by Crippen LogP contribution is 2.21. The molecule has 0 bridgehead atoms. The molecule has 28 heavy (non-hydrogen) atoms. The molecule has 0 fully saturated rings. The van der Waals surface area contributed by atoms with Gasteiger partial charge in [-0.25, -0.2) is 13.1 Å². The average molecular weight is 405 g/mol. The van der Waals surface area contributed by atoms with Crippen LogP contribution in [-0.2, 0) is 21.2 Å². The largest absolute Gasteiger partial charge is 0.497 e. The summed E-state index contributed by atoms with van der Waals surface area (Å²) in [4.78, 5) is 12.3. The highest BCUT2D eigenvalue weighted by atomic mass is 32.2. The Hall–Kier alpha value is -2.38. The van der Waals surface area contributed by atoms with Crippen molar-refractivity contribution >= 4 is 15.9 Å². The maximum atomic E-state index is 12.6. The topological polar surface area (TPSA) is 84.5 Å². The molecule has 0 saturated carbocycles. The molecule has 0 saturated heterocycles. The van der Waals surface area contributed by atoms with Crippen molar-refractivity contribution < 1.29 is 17.9 Å². The van der Waals surface area contributed by atoms with Crippen molar-refractivity contribution in [1.82, 2.24) is 10.0 Å². The fraction of sp³-hybridized carbons (Fsp3) is 0.381. The molecule has 2 aromatic rings. The first-order valence-corrected chi connectivity index (χ1v) is 10.7. The summed E-state index contributed by atoms with van der Waals surface area (Å²) >= 11 is 0. The van der Waals surface area contributed by atoms with Gasteiger partial charge in [-0.3, -0.25) is 4.79 Å². The summed E-state index contributed by atoms with van der Waals surface area (Å²) < 4.78 is 32.8. The van der Waals surface area contributed by atoms with Crippen molar-refractivity contribution in [2.24, 2.45) is 0 Å². The van der Waals surface area contributed by atoms with Gasteiger partial charge in [0.25, 0.3) is 0 Å². The van der Waals surface area contributed by atoms with Gasteiger partial charge in [0.1, 0.15) is 5.75 Å². The van der Waals surface area contributed by atoms with E-state index < -0.39 is 10.0 Å². The molecule has 0 atom stereocenters. The zero-order valence-corrected chi connectivity index (χ0v) is 17.7. The van der Waals surface area contributed by atoms with Gasteiger partial charge < -0.3 is 10.1 Å². The van der Waals surface area contributed by atoms with Gasteiger partial charge in [0.2, 0.25) is 15.9 Å². The summed E-state index contributed by atoms with van der Waals surface area (Å²) in [5.41, 5.74) is 3.51. The predicted molar refractivity (Wildman–Crippen MR) is 110 cm³/mol. The number of rotatable bonds is 9. The minimum atomic E-state index is -3.65. The maximum Gasteiger partial charge on any atom is 0.241 e. The zero-order chi connectivity index (χ0) is 20.7. The summed E-state index contributed by atoms with van der Waals surface area (Å²) in [5, 5.41) is 2.81. The molecule has 0 aromatic heterocycles. The summed E-state index contributed by atoms with van der Waals surface area (Å²) in [7, 11) is -2.03. The normalized spacial score (nSPS) is 11.3.